The minimum atomic E-state index is -0.467. The highest BCUT2D eigenvalue weighted by molar-refractivity contribution is 7.99. The average Bonchev–Trinajstić information content (AvgIpc) is 3.28. The molecular formula is C28H30N4O3S2. The van der Waals surface area contributed by atoms with Gasteiger partial charge in [0.15, 0.2) is 5.05 Å². The molecule has 0 unspecified atom stereocenters. The number of aliphatic hydroxyl groups is 1. The Balaban J connectivity index is 1.97. The third-order valence-corrected chi connectivity index (χ3v) is 7.26. The lowest BCUT2D eigenvalue weighted by atomic mass is 9.71. The SMILES string of the molecule is CC(C)(C)CC(C)(C)c1cc(O)c(-c2ccccc2C(O)=S)c(Sc2nnnn2-c2ccccc2)c1O. The zero-order chi connectivity index (χ0) is 27.0. The molecule has 0 fully saturated rings. The van der Waals surface area contributed by atoms with E-state index in [-0.39, 0.29) is 22.0 Å². The third-order valence-electron chi connectivity index (χ3n) is 6.00. The Labute approximate surface area is 226 Å². The van der Waals surface area contributed by atoms with Gasteiger partial charge in [0, 0.05) is 16.7 Å². The van der Waals surface area contributed by atoms with Crippen molar-refractivity contribution in [1.29, 1.82) is 0 Å². The number of aliphatic hydroxyl groups excluding tert-OH is 1. The first-order valence-electron chi connectivity index (χ1n) is 11.8. The molecule has 3 N–H and O–H groups in total. The molecule has 0 aliphatic rings. The van der Waals surface area contributed by atoms with E-state index in [1.165, 1.54) is 0 Å². The minimum absolute atomic E-state index is 0.0216. The van der Waals surface area contributed by atoms with Crippen LogP contribution < -0.4 is 0 Å². The topological polar surface area (TPSA) is 104 Å². The fourth-order valence-electron chi connectivity index (χ4n) is 4.88. The molecule has 1 aromatic heterocycles. The Morgan fingerprint density at radius 2 is 1.62 bits per heavy atom. The maximum absolute atomic E-state index is 11.8. The van der Waals surface area contributed by atoms with E-state index in [1.807, 2.05) is 44.2 Å². The van der Waals surface area contributed by atoms with E-state index >= 15 is 0 Å². The second-order valence-electron chi connectivity index (χ2n) is 10.8. The predicted molar refractivity (Wildman–Crippen MR) is 150 cm³/mol. The van der Waals surface area contributed by atoms with E-state index < -0.39 is 5.41 Å². The summed E-state index contributed by atoms with van der Waals surface area (Å²) in [5, 5.41) is 45.7. The van der Waals surface area contributed by atoms with Crippen molar-refractivity contribution in [3.63, 3.8) is 0 Å². The first-order valence-corrected chi connectivity index (χ1v) is 13.1. The lowest BCUT2D eigenvalue weighted by molar-refractivity contribution is 0.277. The summed E-state index contributed by atoms with van der Waals surface area (Å²) in [7, 11) is 0. The molecule has 1 heterocycles. The molecule has 0 spiro atoms. The summed E-state index contributed by atoms with van der Waals surface area (Å²) in [5.41, 5.74) is 2.07. The summed E-state index contributed by atoms with van der Waals surface area (Å²) in [5.74, 6) is -0.0203. The Morgan fingerprint density at radius 1 is 0.973 bits per heavy atom. The van der Waals surface area contributed by atoms with Crippen molar-refractivity contribution in [2.24, 2.45) is 5.41 Å². The van der Waals surface area contributed by atoms with Crippen LogP contribution in [0.2, 0.25) is 0 Å². The smallest absolute Gasteiger partial charge is 0.219 e. The summed E-state index contributed by atoms with van der Waals surface area (Å²) in [6.07, 6.45) is 0.759. The summed E-state index contributed by atoms with van der Waals surface area (Å²) >= 11 is 6.22. The number of hydrogen-bond acceptors (Lipinski definition) is 7. The Kier molecular flexibility index (Phi) is 7.30. The standard InChI is InChI=1S/C28H30N4O3S2/c1-27(2,3)16-28(4,5)20-15-21(33)22(18-13-9-10-14-19(18)25(35)36)24(23(20)34)37-26-29-30-31-32(26)17-11-7-6-8-12-17/h6-15,33-34H,16H2,1-5H3,(H,35,36). The number of aromatic hydroxyl groups is 2. The van der Waals surface area contributed by atoms with Crippen LogP contribution in [0, 0.1) is 5.41 Å². The molecule has 0 saturated heterocycles. The lowest BCUT2D eigenvalue weighted by Gasteiger charge is -2.34. The van der Waals surface area contributed by atoms with Crippen molar-refractivity contribution >= 4 is 29.0 Å². The number of para-hydroxylation sites is 1. The van der Waals surface area contributed by atoms with Crippen molar-refractivity contribution in [1.82, 2.24) is 20.2 Å². The Morgan fingerprint density at radius 3 is 2.27 bits per heavy atom. The zero-order valence-electron chi connectivity index (χ0n) is 21.4. The van der Waals surface area contributed by atoms with Gasteiger partial charge in [-0.1, -0.05) is 71.0 Å². The second kappa shape index (κ2) is 10.1. The maximum atomic E-state index is 11.8. The van der Waals surface area contributed by atoms with Crippen molar-refractivity contribution in [2.45, 2.75) is 56.5 Å². The molecule has 0 aliphatic carbocycles. The Bertz CT molecular complexity index is 1440. The third kappa shape index (κ3) is 5.62. The van der Waals surface area contributed by atoms with Gasteiger partial charge in [-0.05, 0) is 81.5 Å². The predicted octanol–water partition coefficient (Wildman–Crippen LogP) is 6.84. The van der Waals surface area contributed by atoms with Gasteiger partial charge in [-0.3, -0.25) is 0 Å². The van der Waals surface area contributed by atoms with E-state index in [0.717, 1.165) is 23.9 Å². The molecule has 0 bridgehead atoms. The van der Waals surface area contributed by atoms with Gasteiger partial charge in [0.05, 0.1) is 10.6 Å². The molecule has 7 nitrogen and oxygen atoms in total. The highest BCUT2D eigenvalue weighted by Gasteiger charge is 2.34. The summed E-state index contributed by atoms with van der Waals surface area (Å²) in [6, 6.07) is 18.0. The van der Waals surface area contributed by atoms with Gasteiger partial charge in [-0.25, -0.2) is 0 Å². The molecule has 0 atom stereocenters. The molecular weight excluding hydrogens is 504 g/mol. The van der Waals surface area contributed by atoms with Gasteiger partial charge in [-0.15, -0.1) is 5.10 Å². The molecule has 0 saturated carbocycles. The molecule has 3 aromatic carbocycles. The number of hydrogen-bond donors (Lipinski definition) is 3. The summed E-state index contributed by atoms with van der Waals surface area (Å²) in [4.78, 5) is 0.368. The summed E-state index contributed by atoms with van der Waals surface area (Å²) < 4.78 is 1.57. The normalized spacial score (nSPS) is 12.0. The molecule has 4 aromatic rings. The van der Waals surface area contributed by atoms with Crippen molar-refractivity contribution in [3.8, 4) is 28.3 Å². The number of nitrogens with zero attached hydrogens (tertiary/aromatic N) is 4. The molecule has 0 amide bonds. The fraction of sp³-hybridized carbons (Fsp3) is 0.286. The van der Waals surface area contributed by atoms with Crippen LogP contribution in [0.5, 0.6) is 11.5 Å². The van der Waals surface area contributed by atoms with Gasteiger partial charge in [0.1, 0.15) is 11.5 Å². The first kappa shape index (κ1) is 26.6. The first-order chi connectivity index (χ1) is 17.4. The van der Waals surface area contributed by atoms with Crippen molar-refractivity contribution in [3.05, 3.63) is 71.8 Å². The number of tetrazole rings is 1. The van der Waals surface area contributed by atoms with Crippen molar-refractivity contribution in [2.75, 3.05) is 0 Å². The van der Waals surface area contributed by atoms with Crippen LogP contribution in [0.25, 0.3) is 16.8 Å². The van der Waals surface area contributed by atoms with Crippen LogP contribution in [0.4, 0.5) is 0 Å². The highest BCUT2D eigenvalue weighted by Crippen LogP contribution is 2.52. The van der Waals surface area contributed by atoms with Gasteiger partial charge in [0.25, 0.3) is 0 Å². The van der Waals surface area contributed by atoms with Gasteiger partial charge in [0.2, 0.25) is 5.16 Å². The number of aromatic nitrogens is 4. The quantitative estimate of drug-likeness (QED) is 0.175. The molecule has 192 valence electrons. The van der Waals surface area contributed by atoms with E-state index in [0.29, 0.717) is 32.3 Å². The van der Waals surface area contributed by atoms with Crippen LogP contribution in [-0.4, -0.2) is 40.6 Å². The largest absolute Gasteiger partial charge is 0.507 e. The molecule has 0 aliphatic heterocycles. The Hall–Kier alpha value is -3.43. The maximum Gasteiger partial charge on any atom is 0.219 e. The van der Waals surface area contributed by atoms with Gasteiger partial charge in [-0.2, -0.15) is 4.68 Å². The second-order valence-corrected chi connectivity index (χ2v) is 12.1. The number of rotatable bonds is 7. The van der Waals surface area contributed by atoms with Gasteiger partial charge >= 0.3 is 0 Å². The molecule has 0 radical (unpaired) electrons. The van der Waals surface area contributed by atoms with Gasteiger partial charge < -0.3 is 15.3 Å². The monoisotopic (exact) mass is 534 g/mol. The average molecular weight is 535 g/mol. The minimum Gasteiger partial charge on any atom is -0.507 e. The number of benzene rings is 3. The van der Waals surface area contributed by atoms with Crippen LogP contribution >= 0.6 is 24.0 Å². The van der Waals surface area contributed by atoms with Crippen LogP contribution in [0.3, 0.4) is 0 Å². The highest BCUT2D eigenvalue weighted by atomic mass is 32.2. The number of phenolic OH excluding ortho intramolecular Hbond substituents is 2. The molecule has 37 heavy (non-hydrogen) atoms. The van der Waals surface area contributed by atoms with Crippen LogP contribution in [0.1, 0.15) is 52.2 Å². The van der Waals surface area contributed by atoms with E-state index in [2.05, 4.69) is 36.3 Å². The fourth-order valence-corrected chi connectivity index (χ4v) is 6.07. The summed E-state index contributed by atoms with van der Waals surface area (Å²) in [6.45, 7) is 10.5. The van der Waals surface area contributed by atoms with E-state index in [4.69, 9.17) is 12.2 Å². The lowest BCUT2D eigenvalue weighted by Crippen LogP contribution is -2.25. The van der Waals surface area contributed by atoms with Crippen LogP contribution in [0.15, 0.2) is 70.7 Å². The van der Waals surface area contributed by atoms with E-state index in [9.17, 15) is 15.3 Å². The molecule has 4 rings (SSSR count). The number of thiocarbonyl (C=S) groups is 1. The number of phenols is 2. The molecule has 9 heteroatoms. The van der Waals surface area contributed by atoms with Crippen molar-refractivity contribution < 1.29 is 15.3 Å². The van der Waals surface area contributed by atoms with E-state index in [1.54, 1.807) is 35.0 Å². The zero-order valence-corrected chi connectivity index (χ0v) is 23.1. The van der Waals surface area contributed by atoms with Crippen LogP contribution in [-0.2, 0) is 5.41 Å².